The van der Waals surface area contributed by atoms with Crippen molar-refractivity contribution in [1.82, 2.24) is 10.2 Å². The molecule has 6 nitrogen and oxygen atoms in total. The molecule has 1 amide bonds. The monoisotopic (exact) mass is 433 g/mol. The van der Waals surface area contributed by atoms with Crippen LogP contribution >= 0.6 is 0 Å². The molecule has 0 saturated carbocycles. The first-order valence-electron chi connectivity index (χ1n) is 9.71. The third-order valence-electron chi connectivity index (χ3n) is 5.49. The second-order valence-electron chi connectivity index (χ2n) is 7.57. The van der Waals surface area contributed by atoms with E-state index in [0.29, 0.717) is 37.3 Å². The number of hydrogen-bond acceptors (Lipinski definition) is 4. The van der Waals surface area contributed by atoms with Gasteiger partial charge in [-0.3, -0.25) is 4.79 Å². The summed E-state index contributed by atoms with van der Waals surface area (Å²) < 4.78 is 55.7. The Hall–Kier alpha value is -2.81. The van der Waals surface area contributed by atoms with Crippen LogP contribution in [0.1, 0.15) is 36.9 Å². The predicted molar refractivity (Wildman–Crippen MR) is 107 cm³/mol. The number of carbonyl (C=O) groups is 1. The number of halogens is 2. The van der Waals surface area contributed by atoms with Gasteiger partial charge in [0.05, 0.1) is 12.0 Å². The first-order chi connectivity index (χ1) is 14.3. The average Bonchev–Trinajstić information content (AvgIpc) is 2.99. The number of amidine groups is 1. The maximum Gasteiger partial charge on any atom is 0.285 e. The lowest BCUT2D eigenvalue weighted by Crippen LogP contribution is -2.46. The Kier molecular flexibility index (Phi) is 5.31. The van der Waals surface area contributed by atoms with Gasteiger partial charge in [0.1, 0.15) is 16.5 Å². The maximum atomic E-state index is 14.0. The van der Waals surface area contributed by atoms with Gasteiger partial charge in [-0.2, -0.15) is 8.42 Å². The Bertz CT molecular complexity index is 1130. The number of benzene rings is 2. The van der Waals surface area contributed by atoms with E-state index in [1.165, 1.54) is 12.1 Å². The molecular formula is C21H21F2N3O3S. The smallest absolute Gasteiger partial charge is 0.285 e. The molecule has 30 heavy (non-hydrogen) atoms. The Morgan fingerprint density at radius 2 is 2.00 bits per heavy atom. The molecule has 0 spiro atoms. The van der Waals surface area contributed by atoms with Crippen LogP contribution in [0.3, 0.4) is 0 Å². The number of nitrogens with one attached hydrogen (secondary N) is 1. The van der Waals surface area contributed by atoms with Crippen LogP contribution in [0, 0.1) is 17.6 Å². The molecule has 4 rings (SSSR count). The Morgan fingerprint density at radius 3 is 2.77 bits per heavy atom. The van der Waals surface area contributed by atoms with Crippen LogP contribution in [0.4, 0.5) is 8.78 Å². The highest BCUT2D eigenvalue weighted by atomic mass is 32.2. The van der Waals surface area contributed by atoms with Gasteiger partial charge >= 0.3 is 0 Å². The molecule has 9 heteroatoms. The number of amides is 1. The minimum atomic E-state index is -3.73. The summed E-state index contributed by atoms with van der Waals surface area (Å²) in [5.41, 5.74) is 0.748. The lowest BCUT2D eigenvalue weighted by Gasteiger charge is -2.34. The van der Waals surface area contributed by atoms with Crippen molar-refractivity contribution in [2.75, 3.05) is 13.1 Å². The number of hydrogen-bond donors (Lipinski definition) is 1. The lowest BCUT2D eigenvalue weighted by molar-refractivity contribution is -0.126. The normalized spacial score (nSPS) is 21.0. The molecule has 2 aromatic carbocycles. The highest BCUT2D eigenvalue weighted by molar-refractivity contribution is 7.90. The van der Waals surface area contributed by atoms with Crippen molar-refractivity contribution < 1.29 is 22.0 Å². The molecule has 2 unspecified atom stereocenters. The van der Waals surface area contributed by atoms with Crippen LogP contribution in [-0.2, 0) is 14.8 Å². The molecule has 0 bridgehead atoms. The van der Waals surface area contributed by atoms with Crippen molar-refractivity contribution in [3.8, 4) is 0 Å². The summed E-state index contributed by atoms with van der Waals surface area (Å²) in [5, 5.41) is 2.79. The van der Waals surface area contributed by atoms with Crippen LogP contribution in [0.25, 0.3) is 0 Å². The molecule has 1 saturated heterocycles. The number of fused-ring (bicyclic) bond motifs is 1. The van der Waals surface area contributed by atoms with Gasteiger partial charge in [0.2, 0.25) is 5.91 Å². The molecule has 158 valence electrons. The zero-order chi connectivity index (χ0) is 21.5. The number of nitrogens with zero attached hydrogens (tertiary/aromatic N) is 2. The lowest BCUT2D eigenvalue weighted by atomic mass is 9.95. The summed E-state index contributed by atoms with van der Waals surface area (Å²) in [4.78, 5) is 14.8. The van der Waals surface area contributed by atoms with E-state index in [2.05, 4.69) is 9.71 Å². The van der Waals surface area contributed by atoms with Gasteiger partial charge in [-0.15, -0.1) is 4.40 Å². The summed E-state index contributed by atoms with van der Waals surface area (Å²) in [6.07, 6.45) is 1.32. The number of sulfonamides is 1. The summed E-state index contributed by atoms with van der Waals surface area (Å²) in [7, 11) is -3.73. The zero-order valence-corrected chi connectivity index (χ0v) is 17.1. The van der Waals surface area contributed by atoms with Crippen LogP contribution < -0.4 is 5.32 Å². The van der Waals surface area contributed by atoms with E-state index in [1.54, 1.807) is 25.1 Å². The zero-order valence-electron chi connectivity index (χ0n) is 16.3. The fraction of sp³-hybridized carbons (Fsp3) is 0.333. The van der Waals surface area contributed by atoms with Crippen molar-refractivity contribution in [2.45, 2.75) is 30.7 Å². The number of piperidine rings is 1. The Balaban J connectivity index is 1.49. The van der Waals surface area contributed by atoms with Crippen molar-refractivity contribution in [3.63, 3.8) is 0 Å². The van der Waals surface area contributed by atoms with E-state index < -0.39 is 33.6 Å². The second-order valence-corrected chi connectivity index (χ2v) is 9.14. The van der Waals surface area contributed by atoms with Crippen LogP contribution in [0.15, 0.2) is 51.8 Å². The highest BCUT2D eigenvalue weighted by Gasteiger charge is 2.35. The van der Waals surface area contributed by atoms with Gasteiger partial charge < -0.3 is 10.2 Å². The van der Waals surface area contributed by atoms with Gasteiger partial charge in [-0.25, -0.2) is 8.78 Å². The summed E-state index contributed by atoms with van der Waals surface area (Å²) in [6.45, 7) is 2.54. The third kappa shape index (κ3) is 3.81. The molecule has 1 fully saturated rings. The molecule has 0 aromatic heterocycles. The minimum absolute atomic E-state index is 0.173. The highest BCUT2D eigenvalue weighted by Crippen LogP contribution is 2.30. The molecular weight excluding hydrogens is 412 g/mol. The van der Waals surface area contributed by atoms with Crippen LogP contribution in [0.2, 0.25) is 0 Å². The largest absolute Gasteiger partial charge is 0.355 e. The van der Waals surface area contributed by atoms with Crippen molar-refractivity contribution in [2.24, 2.45) is 10.3 Å². The van der Waals surface area contributed by atoms with E-state index in [4.69, 9.17) is 0 Å². The number of rotatable bonds is 3. The van der Waals surface area contributed by atoms with E-state index in [-0.39, 0.29) is 16.4 Å². The summed E-state index contributed by atoms with van der Waals surface area (Å²) in [5.74, 6) is -1.69. The maximum absolute atomic E-state index is 14.0. The van der Waals surface area contributed by atoms with Crippen molar-refractivity contribution in [3.05, 3.63) is 65.2 Å². The predicted octanol–water partition coefficient (Wildman–Crippen LogP) is 3.00. The fourth-order valence-electron chi connectivity index (χ4n) is 3.96. The van der Waals surface area contributed by atoms with Gasteiger partial charge in [0, 0.05) is 30.3 Å². The summed E-state index contributed by atoms with van der Waals surface area (Å²) in [6, 6.07) is 9.27. The van der Waals surface area contributed by atoms with E-state index >= 15 is 0 Å². The topological polar surface area (TPSA) is 78.8 Å². The third-order valence-corrected chi connectivity index (χ3v) is 6.82. The molecule has 0 radical (unpaired) electrons. The molecule has 1 N–H and O–H groups in total. The molecule has 2 atom stereocenters. The van der Waals surface area contributed by atoms with Crippen LogP contribution in [0.5, 0.6) is 0 Å². The second kappa shape index (κ2) is 7.79. The van der Waals surface area contributed by atoms with Gasteiger partial charge in [0.25, 0.3) is 10.0 Å². The van der Waals surface area contributed by atoms with Gasteiger partial charge in [-0.1, -0.05) is 18.2 Å². The first kappa shape index (κ1) is 20.5. The molecule has 0 aliphatic carbocycles. The summed E-state index contributed by atoms with van der Waals surface area (Å²) >= 11 is 0. The van der Waals surface area contributed by atoms with Gasteiger partial charge in [0.15, 0.2) is 5.84 Å². The van der Waals surface area contributed by atoms with E-state index in [9.17, 15) is 22.0 Å². The van der Waals surface area contributed by atoms with E-state index in [1.807, 2.05) is 4.90 Å². The van der Waals surface area contributed by atoms with E-state index in [0.717, 1.165) is 12.1 Å². The SMILES string of the molecule is CC(NC(=O)C1CCCN(C2=NS(=O)(=O)c3ccccc32)C1)c1ccc(F)cc1F. The van der Waals surface area contributed by atoms with Crippen molar-refractivity contribution >= 4 is 21.8 Å². The van der Waals surface area contributed by atoms with Crippen molar-refractivity contribution in [1.29, 1.82) is 0 Å². The first-order valence-corrected chi connectivity index (χ1v) is 11.1. The molecule has 2 aliphatic rings. The molecule has 2 heterocycles. The fourth-order valence-corrected chi connectivity index (χ4v) is 5.19. The number of likely N-dealkylation sites (tertiary alicyclic amines) is 1. The Morgan fingerprint density at radius 1 is 1.23 bits per heavy atom. The average molecular weight is 433 g/mol. The number of carbonyl (C=O) groups excluding carboxylic acids is 1. The van der Waals surface area contributed by atoms with Gasteiger partial charge in [-0.05, 0) is 38.0 Å². The molecule has 2 aliphatic heterocycles. The quantitative estimate of drug-likeness (QED) is 0.807. The standard InChI is InChI=1S/C21H21F2N3O3S/c1-13(16-9-8-15(22)11-18(16)23)24-21(27)14-5-4-10-26(12-14)20-17-6-2-3-7-19(17)30(28,29)25-20/h2-3,6-9,11,13-14H,4-5,10,12H2,1H3,(H,24,27). The minimum Gasteiger partial charge on any atom is -0.355 e. The Labute approximate surface area is 173 Å². The molecule has 2 aromatic rings. The van der Waals surface area contributed by atoms with Crippen LogP contribution in [-0.4, -0.2) is 38.2 Å².